The molecule has 4 heteroatoms. The standard InChI is InChI=1S/C21H26N2O2/c1-23(2)15-16-8-10-18(11-9-16)21(24)22-14-19-12-13-25-20(19)17-6-4-3-5-7-17/h3-11,19-20H,12-15H2,1-2H3,(H,22,24)/t19-,20-/m0/s1. The van der Waals surface area contributed by atoms with Crippen LogP contribution in [-0.4, -0.2) is 38.1 Å². The average Bonchev–Trinajstić information content (AvgIpc) is 3.09. The Kier molecular flexibility index (Phi) is 5.84. The van der Waals surface area contributed by atoms with Crippen LogP contribution in [0.3, 0.4) is 0 Å². The summed E-state index contributed by atoms with van der Waals surface area (Å²) in [5, 5.41) is 3.07. The van der Waals surface area contributed by atoms with Crippen molar-refractivity contribution in [3.8, 4) is 0 Å². The molecule has 2 atom stereocenters. The summed E-state index contributed by atoms with van der Waals surface area (Å²) in [6.45, 7) is 2.26. The third kappa shape index (κ3) is 4.68. The molecule has 1 fully saturated rings. The minimum atomic E-state index is -0.0184. The average molecular weight is 338 g/mol. The van der Waals surface area contributed by atoms with Gasteiger partial charge in [0.2, 0.25) is 0 Å². The van der Waals surface area contributed by atoms with E-state index in [1.807, 2.05) is 56.6 Å². The van der Waals surface area contributed by atoms with Gasteiger partial charge in [-0.05, 0) is 43.8 Å². The molecule has 25 heavy (non-hydrogen) atoms. The Morgan fingerprint density at radius 2 is 1.84 bits per heavy atom. The van der Waals surface area contributed by atoms with E-state index in [9.17, 15) is 4.79 Å². The second-order valence-electron chi connectivity index (χ2n) is 6.90. The monoisotopic (exact) mass is 338 g/mol. The number of rotatable bonds is 6. The Balaban J connectivity index is 1.56. The maximum atomic E-state index is 12.4. The van der Waals surface area contributed by atoms with E-state index in [-0.39, 0.29) is 12.0 Å². The Morgan fingerprint density at radius 3 is 2.52 bits per heavy atom. The Hall–Kier alpha value is -2.17. The fourth-order valence-electron chi connectivity index (χ4n) is 3.31. The molecule has 1 saturated heterocycles. The number of nitrogens with zero attached hydrogens (tertiary/aromatic N) is 1. The smallest absolute Gasteiger partial charge is 0.251 e. The quantitative estimate of drug-likeness (QED) is 0.879. The van der Waals surface area contributed by atoms with E-state index in [1.54, 1.807) is 0 Å². The van der Waals surface area contributed by atoms with Crippen molar-refractivity contribution in [2.75, 3.05) is 27.2 Å². The van der Waals surface area contributed by atoms with Gasteiger partial charge in [0.25, 0.3) is 5.91 Å². The fraction of sp³-hybridized carbons (Fsp3) is 0.381. The van der Waals surface area contributed by atoms with Gasteiger partial charge in [0.15, 0.2) is 0 Å². The van der Waals surface area contributed by atoms with Crippen LogP contribution in [0.2, 0.25) is 0 Å². The van der Waals surface area contributed by atoms with Gasteiger partial charge >= 0.3 is 0 Å². The van der Waals surface area contributed by atoms with Crippen LogP contribution >= 0.6 is 0 Å². The summed E-state index contributed by atoms with van der Waals surface area (Å²) in [6.07, 6.45) is 1.05. The highest BCUT2D eigenvalue weighted by Gasteiger charge is 2.29. The molecule has 1 aliphatic heterocycles. The molecular weight excluding hydrogens is 312 g/mol. The van der Waals surface area contributed by atoms with E-state index in [0.29, 0.717) is 18.0 Å². The van der Waals surface area contributed by atoms with E-state index in [1.165, 1.54) is 11.1 Å². The Labute approximate surface area is 149 Å². The van der Waals surface area contributed by atoms with Crippen LogP contribution in [-0.2, 0) is 11.3 Å². The maximum absolute atomic E-state index is 12.4. The van der Waals surface area contributed by atoms with Gasteiger partial charge in [-0.2, -0.15) is 0 Å². The van der Waals surface area contributed by atoms with Crippen molar-refractivity contribution in [1.29, 1.82) is 0 Å². The van der Waals surface area contributed by atoms with Gasteiger partial charge in [-0.15, -0.1) is 0 Å². The highest BCUT2D eigenvalue weighted by atomic mass is 16.5. The van der Waals surface area contributed by atoms with Gasteiger partial charge in [0.05, 0.1) is 6.10 Å². The summed E-state index contributed by atoms with van der Waals surface area (Å²) in [7, 11) is 4.07. The van der Waals surface area contributed by atoms with Crippen LogP contribution in [0.5, 0.6) is 0 Å². The van der Waals surface area contributed by atoms with E-state index in [4.69, 9.17) is 4.74 Å². The SMILES string of the molecule is CN(C)Cc1ccc(C(=O)NC[C@@H]2CCO[C@H]2c2ccccc2)cc1. The van der Waals surface area contributed by atoms with Gasteiger partial charge in [-0.25, -0.2) is 0 Å². The van der Waals surface area contributed by atoms with Gasteiger partial charge in [0, 0.05) is 31.2 Å². The molecule has 0 aliphatic carbocycles. The van der Waals surface area contributed by atoms with Crippen LogP contribution in [0.4, 0.5) is 0 Å². The third-order valence-electron chi connectivity index (χ3n) is 4.58. The zero-order valence-electron chi connectivity index (χ0n) is 14.9. The molecule has 2 aromatic carbocycles. The van der Waals surface area contributed by atoms with Crippen LogP contribution < -0.4 is 5.32 Å². The second kappa shape index (κ2) is 8.28. The molecule has 132 valence electrons. The Bertz CT molecular complexity index is 683. The number of carbonyl (C=O) groups is 1. The molecule has 0 saturated carbocycles. The zero-order chi connectivity index (χ0) is 17.6. The summed E-state index contributed by atoms with van der Waals surface area (Å²) < 4.78 is 5.89. The van der Waals surface area contributed by atoms with Gasteiger partial charge in [0.1, 0.15) is 0 Å². The first kappa shape index (κ1) is 17.6. The molecular formula is C21H26N2O2. The predicted octanol–water partition coefficient (Wildman–Crippen LogP) is 3.26. The van der Waals surface area contributed by atoms with E-state index in [2.05, 4.69) is 22.3 Å². The molecule has 2 aromatic rings. The number of amides is 1. The number of ether oxygens (including phenoxy) is 1. The third-order valence-corrected chi connectivity index (χ3v) is 4.58. The highest BCUT2D eigenvalue weighted by molar-refractivity contribution is 5.94. The van der Waals surface area contributed by atoms with Crippen LogP contribution in [0.1, 0.15) is 34.0 Å². The number of benzene rings is 2. The summed E-state index contributed by atoms with van der Waals surface area (Å²) in [5.41, 5.74) is 3.10. The fourth-order valence-corrected chi connectivity index (χ4v) is 3.31. The van der Waals surface area contributed by atoms with E-state index >= 15 is 0 Å². The molecule has 0 aromatic heterocycles. The highest BCUT2D eigenvalue weighted by Crippen LogP contribution is 2.33. The number of hydrogen-bond donors (Lipinski definition) is 1. The van der Waals surface area contributed by atoms with Crippen molar-refractivity contribution in [3.63, 3.8) is 0 Å². The van der Waals surface area contributed by atoms with E-state index < -0.39 is 0 Å². The lowest BCUT2D eigenvalue weighted by atomic mass is 9.95. The first-order valence-corrected chi connectivity index (χ1v) is 8.82. The number of hydrogen-bond acceptors (Lipinski definition) is 3. The minimum absolute atomic E-state index is 0.0184. The molecule has 3 rings (SSSR count). The van der Waals surface area contributed by atoms with Gasteiger partial charge < -0.3 is 15.0 Å². The topological polar surface area (TPSA) is 41.6 Å². The maximum Gasteiger partial charge on any atom is 0.251 e. The molecule has 0 spiro atoms. The lowest BCUT2D eigenvalue weighted by Gasteiger charge is -2.19. The lowest BCUT2D eigenvalue weighted by molar-refractivity contribution is 0.0846. The van der Waals surface area contributed by atoms with Crippen molar-refractivity contribution < 1.29 is 9.53 Å². The summed E-state index contributed by atoms with van der Waals surface area (Å²) in [4.78, 5) is 14.5. The predicted molar refractivity (Wildman–Crippen MR) is 99.4 cm³/mol. The lowest BCUT2D eigenvalue weighted by Crippen LogP contribution is -2.30. The van der Waals surface area contributed by atoms with Gasteiger partial charge in [-0.3, -0.25) is 4.79 Å². The normalized spacial score (nSPS) is 20.0. The largest absolute Gasteiger partial charge is 0.373 e. The molecule has 1 aliphatic rings. The van der Waals surface area contributed by atoms with Crippen molar-refractivity contribution in [2.45, 2.75) is 19.1 Å². The minimum Gasteiger partial charge on any atom is -0.373 e. The molecule has 1 heterocycles. The second-order valence-corrected chi connectivity index (χ2v) is 6.90. The van der Waals surface area contributed by atoms with Crippen molar-refractivity contribution >= 4 is 5.91 Å². The zero-order valence-corrected chi connectivity index (χ0v) is 14.9. The van der Waals surface area contributed by atoms with Crippen molar-refractivity contribution in [3.05, 3.63) is 71.3 Å². The van der Waals surface area contributed by atoms with Crippen LogP contribution in [0.15, 0.2) is 54.6 Å². The Morgan fingerprint density at radius 1 is 1.12 bits per heavy atom. The van der Waals surface area contributed by atoms with E-state index in [0.717, 1.165) is 19.6 Å². The summed E-state index contributed by atoms with van der Waals surface area (Å²) in [6, 6.07) is 18.1. The molecule has 0 bridgehead atoms. The van der Waals surface area contributed by atoms with Crippen LogP contribution in [0, 0.1) is 5.92 Å². The first-order valence-electron chi connectivity index (χ1n) is 8.82. The summed E-state index contributed by atoms with van der Waals surface area (Å²) in [5.74, 6) is 0.300. The van der Waals surface area contributed by atoms with Crippen LogP contribution in [0.25, 0.3) is 0 Å². The van der Waals surface area contributed by atoms with Crippen molar-refractivity contribution in [1.82, 2.24) is 10.2 Å². The molecule has 0 unspecified atom stereocenters. The molecule has 0 radical (unpaired) electrons. The van der Waals surface area contributed by atoms with Crippen molar-refractivity contribution in [2.24, 2.45) is 5.92 Å². The molecule has 1 amide bonds. The molecule has 1 N–H and O–H groups in total. The molecule has 4 nitrogen and oxygen atoms in total. The number of nitrogens with one attached hydrogen (secondary N) is 1. The summed E-state index contributed by atoms with van der Waals surface area (Å²) >= 11 is 0. The van der Waals surface area contributed by atoms with Gasteiger partial charge in [-0.1, -0.05) is 42.5 Å². The number of carbonyl (C=O) groups excluding carboxylic acids is 1. The first-order chi connectivity index (χ1) is 12.1.